The average Bonchev–Trinajstić information content (AvgIpc) is 2.29. The maximum Gasteiger partial charge on any atom is 0.0601 e. The molecule has 1 heterocycles. The fourth-order valence-corrected chi connectivity index (χ4v) is 2.46. The summed E-state index contributed by atoms with van der Waals surface area (Å²) in [5, 5.41) is 9.39. The molecule has 0 aromatic heterocycles. The molecule has 1 rings (SSSR count). The first-order valence-electron chi connectivity index (χ1n) is 5.87. The lowest BCUT2D eigenvalue weighted by molar-refractivity contribution is 0.0776. The lowest BCUT2D eigenvalue weighted by Gasteiger charge is -2.36. The van der Waals surface area contributed by atoms with Gasteiger partial charge in [-0.05, 0) is 33.9 Å². The molecular formula is C11H25N3O. The van der Waals surface area contributed by atoms with Gasteiger partial charge in [-0.25, -0.2) is 0 Å². The molecule has 3 atom stereocenters. The first-order valence-corrected chi connectivity index (χ1v) is 5.87. The minimum atomic E-state index is 0.0286. The Morgan fingerprint density at radius 3 is 2.67 bits per heavy atom. The van der Waals surface area contributed by atoms with Crippen LogP contribution in [0.3, 0.4) is 0 Å². The predicted molar refractivity (Wildman–Crippen MR) is 62.8 cm³/mol. The Morgan fingerprint density at radius 1 is 1.47 bits per heavy atom. The van der Waals surface area contributed by atoms with Crippen molar-refractivity contribution < 1.29 is 5.11 Å². The van der Waals surface area contributed by atoms with Crippen LogP contribution in [-0.4, -0.2) is 66.3 Å². The summed E-state index contributed by atoms with van der Waals surface area (Å²) < 4.78 is 0. The maximum absolute atomic E-state index is 9.39. The number of hydrogen-bond acceptors (Lipinski definition) is 4. The van der Waals surface area contributed by atoms with Gasteiger partial charge in [-0.3, -0.25) is 4.90 Å². The van der Waals surface area contributed by atoms with Gasteiger partial charge in [-0.2, -0.15) is 0 Å². The number of likely N-dealkylation sites (N-methyl/N-ethyl adjacent to an activating group) is 1. The SMILES string of the molecule is CC(N)C(CO)N1CCCN(C)CC1C. The lowest BCUT2D eigenvalue weighted by atomic mass is 10.1. The molecule has 4 heteroatoms. The Hall–Kier alpha value is -0.160. The van der Waals surface area contributed by atoms with Crippen molar-refractivity contribution in [1.29, 1.82) is 0 Å². The van der Waals surface area contributed by atoms with Crippen LogP contribution in [-0.2, 0) is 0 Å². The molecule has 0 amide bonds. The maximum atomic E-state index is 9.39. The summed E-state index contributed by atoms with van der Waals surface area (Å²) in [6, 6.07) is 0.605. The smallest absolute Gasteiger partial charge is 0.0601 e. The summed E-state index contributed by atoms with van der Waals surface area (Å²) in [5.41, 5.74) is 5.91. The second kappa shape index (κ2) is 5.80. The van der Waals surface area contributed by atoms with E-state index in [1.54, 1.807) is 0 Å². The van der Waals surface area contributed by atoms with Gasteiger partial charge in [0.1, 0.15) is 0 Å². The van der Waals surface area contributed by atoms with Gasteiger partial charge in [0.2, 0.25) is 0 Å². The molecule has 0 spiro atoms. The molecule has 1 fully saturated rings. The predicted octanol–water partition coefficient (Wildman–Crippen LogP) is -0.279. The third-order valence-electron chi connectivity index (χ3n) is 3.32. The average molecular weight is 215 g/mol. The Balaban J connectivity index is 2.65. The highest BCUT2D eigenvalue weighted by Gasteiger charge is 2.28. The van der Waals surface area contributed by atoms with Crippen LogP contribution in [0, 0.1) is 0 Å². The summed E-state index contributed by atoms with van der Waals surface area (Å²) in [5.74, 6) is 0. The summed E-state index contributed by atoms with van der Waals surface area (Å²) in [6.45, 7) is 7.58. The zero-order valence-electron chi connectivity index (χ0n) is 10.2. The van der Waals surface area contributed by atoms with Crippen molar-refractivity contribution in [3.63, 3.8) is 0 Å². The topological polar surface area (TPSA) is 52.7 Å². The van der Waals surface area contributed by atoms with Gasteiger partial charge in [0.25, 0.3) is 0 Å². The minimum absolute atomic E-state index is 0.0286. The van der Waals surface area contributed by atoms with E-state index in [0.717, 1.165) is 26.1 Å². The lowest BCUT2D eigenvalue weighted by Crippen LogP contribution is -2.53. The molecule has 4 nitrogen and oxygen atoms in total. The molecule has 1 aliphatic rings. The van der Waals surface area contributed by atoms with Gasteiger partial charge in [-0.1, -0.05) is 0 Å². The molecule has 0 aliphatic carbocycles. The molecule has 15 heavy (non-hydrogen) atoms. The van der Waals surface area contributed by atoms with Crippen LogP contribution in [0.1, 0.15) is 20.3 Å². The normalized spacial score (nSPS) is 29.8. The van der Waals surface area contributed by atoms with Gasteiger partial charge in [0.05, 0.1) is 6.61 Å². The highest BCUT2D eigenvalue weighted by atomic mass is 16.3. The van der Waals surface area contributed by atoms with Crippen molar-refractivity contribution >= 4 is 0 Å². The minimum Gasteiger partial charge on any atom is -0.395 e. The van der Waals surface area contributed by atoms with E-state index in [1.165, 1.54) is 0 Å². The Bertz CT molecular complexity index is 187. The van der Waals surface area contributed by atoms with E-state index in [-0.39, 0.29) is 18.7 Å². The fourth-order valence-electron chi connectivity index (χ4n) is 2.46. The largest absolute Gasteiger partial charge is 0.395 e. The molecule has 0 radical (unpaired) electrons. The molecule has 90 valence electrons. The Kier molecular flexibility index (Phi) is 4.99. The molecule has 0 aromatic rings. The zero-order chi connectivity index (χ0) is 11.4. The monoisotopic (exact) mass is 215 g/mol. The molecule has 0 saturated carbocycles. The first kappa shape index (κ1) is 12.9. The van der Waals surface area contributed by atoms with Crippen LogP contribution in [0.25, 0.3) is 0 Å². The van der Waals surface area contributed by atoms with Crippen molar-refractivity contribution in [1.82, 2.24) is 9.80 Å². The summed E-state index contributed by atoms with van der Waals surface area (Å²) in [6.07, 6.45) is 1.16. The van der Waals surface area contributed by atoms with Crippen LogP contribution in [0.4, 0.5) is 0 Å². The second-order valence-electron chi connectivity index (χ2n) is 4.81. The van der Waals surface area contributed by atoms with E-state index in [2.05, 4.69) is 23.8 Å². The Labute approximate surface area is 93.0 Å². The molecule has 0 aromatic carbocycles. The van der Waals surface area contributed by atoms with Crippen molar-refractivity contribution in [2.24, 2.45) is 5.73 Å². The summed E-state index contributed by atoms with van der Waals surface area (Å²) >= 11 is 0. The van der Waals surface area contributed by atoms with Gasteiger partial charge >= 0.3 is 0 Å². The van der Waals surface area contributed by atoms with E-state index in [1.807, 2.05) is 6.92 Å². The third-order valence-corrected chi connectivity index (χ3v) is 3.32. The van der Waals surface area contributed by atoms with Crippen LogP contribution >= 0.6 is 0 Å². The van der Waals surface area contributed by atoms with Crippen molar-refractivity contribution in [2.75, 3.05) is 33.3 Å². The van der Waals surface area contributed by atoms with E-state index in [0.29, 0.717) is 6.04 Å². The first-order chi connectivity index (χ1) is 7.06. The summed E-state index contributed by atoms with van der Waals surface area (Å²) in [7, 11) is 2.15. The van der Waals surface area contributed by atoms with E-state index >= 15 is 0 Å². The number of rotatable bonds is 3. The third kappa shape index (κ3) is 3.41. The molecule has 1 saturated heterocycles. The number of nitrogens with zero attached hydrogens (tertiary/aromatic N) is 2. The number of aliphatic hydroxyl groups is 1. The van der Waals surface area contributed by atoms with Gasteiger partial charge in [-0.15, -0.1) is 0 Å². The number of hydrogen-bond donors (Lipinski definition) is 2. The summed E-state index contributed by atoms with van der Waals surface area (Å²) in [4.78, 5) is 4.70. The second-order valence-corrected chi connectivity index (χ2v) is 4.81. The molecule has 3 unspecified atom stereocenters. The number of nitrogens with two attached hydrogens (primary N) is 1. The Morgan fingerprint density at radius 2 is 2.13 bits per heavy atom. The van der Waals surface area contributed by atoms with Crippen molar-refractivity contribution in [3.05, 3.63) is 0 Å². The van der Waals surface area contributed by atoms with Gasteiger partial charge in [0, 0.05) is 31.2 Å². The molecular weight excluding hydrogens is 190 g/mol. The molecule has 3 N–H and O–H groups in total. The fraction of sp³-hybridized carbons (Fsp3) is 1.00. The number of aliphatic hydroxyl groups excluding tert-OH is 1. The highest BCUT2D eigenvalue weighted by molar-refractivity contribution is 4.85. The van der Waals surface area contributed by atoms with Crippen molar-refractivity contribution in [3.8, 4) is 0 Å². The quantitative estimate of drug-likeness (QED) is 0.680. The van der Waals surface area contributed by atoms with Crippen LogP contribution in [0.2, 0.25) is 0 Å². The standard InChI is InChI=1S/C11H25N3O/c1-9-7-13(3)5-4-6-14(9)11(8-15)10(2)12/h9-11,15H,4-8,12H2,1-3H3. The van der Waals surface area contributed by atoms with Crippen molar-refractivity contribution in [2.45, 2.75) is 38.4 Å². The van der Waals surface area contributed by atoms with Crippen LogP contribution in [0.15, 0.2) is 0 Å². The van der Waals surface area contributed by atoms with Crippen LogP contribution in [0.5, 0.6) is 0 Å². The van der Waals surface area contributed by atoms with Gasteiger partial charge in [0.15, 0.2) is 0 Å². The van der Waals surface area contributed by atoms with E-state index in [4.69, 9.17) is 5.73 Å². The van der Waals surface area contributed by atoms with E-state index < -0.39 is 0 Å². The highest BCUT2D eigenvalue weighted by Crippen LogP contribution is 2.13. The zero-order valence-corrected chi connectivity index (χ0v) is 10.2. The van der Waals surface area contributed by atoms with Gasteiger partial charge < -0.3 is 15.7 Å². The van der Waals surface area contributed by atoms with Crippen LogP contribution < -0.4 is 5.73 Å². The molecule has 1 aliphatic heterocycles. The van der Waals surface area contributed by atoms with E-state index in [9.17, 15) is 5.11 Å². The molecule has 0 bridgehead atoms.